The number of anilines is 1. The molecule has 2 aliphatic carbocycles. The van der Waals surface area contributed by atoms with Crippen molar-refractivity contribution >= 4 is 58.7 Å². The lowest BCUT2D eigenvalue weighted by Gasteiger charge is -2.44. The molecule has 0 saturated carbocycles. The maximum atomic E-state index is 14.7. The number of carbonyl (C=O) groups excluding carboxylic acids is 9. The molecular weight excluding hydrogens is 1170 g/mol. The average molecular weight is 1250 g/mol. The number of nitrogens with zero attached hydrogens (tertiary/aromatic N) is 4. The van der Waals surface area contributed by atoms with Gasteiger partial charge in [0.1, 0.15) is 53.9 Å². The summed E-state index contributed by atoms with van der Waals surface area (Å²) in [4.78, 5) is 126. The largest absolute Gasteiger partial charge is 0.507 e. The smallest absolute Gasteiger partial charge is 0.410 e. The van der Waals surface area contributed by atoms with Crippen molar-refractivity contribution in [3.05, 3.63) is 93.6 Å². The number of phenolic OH excluding ortho intramolecular Hbond substituents is 2. The number of aliphatic hydroxyl groups is 1. The van der Waals surface area contributed by atoms with E-state index < -0.39 is 107 Å². The SMILES string of the molecule is COc1cccc2c1C(=O)c1c(O)c3c(c(O)c1C2=O)C[C@@](O)(C(=O)CN1CCC(N(C)C(=O)OCc2ccc(NC(=O)[C@H](C)NC(=O)[C@@H](NC(=O)CCCCCN4C(=O)C=CC4=O)C(C)C)cc2)CC1)C[C@@H]3O[C@H]1C[C@H]2[C@H](O[C@@H]3[C@@H](OC)CCCN32)[C@H](C)O1. The first kappa shape index (κ1) is 65.3. The van der Waals surface area contributed by atoms with Crippen LogP contribution in [0.1, 0.15) is 147 Å². The number of methoxy groups -OCH3 is 2. The molecule has 0 spiro atoms. The van der Waals surface area contributed by atoms with Gasteiger partial charge in [-0.15, -0.1) is 0 Å². The number of ketones is 3. The van der Waals surface area contributed by atoms with E-state index in [4.69, 9.17) is 28.4 Å². The Morgan fingerprint density at radius 3 is 2.23 bits per heavy atom. The lowest BCUT2D eigenvalue weighted by molar-refractivity contribution is -0.247. The molecule has 25 nitrogen and oxygen atoms in total. The molecule has 0 radical (unpaired) electrons. The Hall–Kier alpha value is -7.65. The molecule has 484 valence electrons. The van der Waals surface area contributed by atoms with Crippen LogP contribution in [0.25, 0.3) is 0 Å². The second-order valence-electron chi connectivity index (χ2n) is 24.9. The predicted octanol–water partition coefficient (Wildman–Crippen LogP) is 4.33. The Balaban J connectivity index is 0.719. The third kappa shape index (κ3) is 13.4. The minimum atomic E-state index is -2.20. The van der Waals surface area contributed by atoms with Gasteiger partial charge in [-0.2, -0.15) is 0 Å². The van der Waals surface area contributed by atoms with Crippen molar-refractivity contribution in [2.75, 3.05) is 59.3 Å². The Morgan fingerprint density at radius 1 is 0.833 bits per heavy atom. The molecule has 10 rings (SSSR count). The lowest BCUT2D eigenvalue weighted by atomic mass is 9.71. The van der Waals surface area contributed by atoms with Gasteiger partial charge in [0.05, 0.1) is 48.7 Å². The van der Waals surface area contributed by atoms with Crippen LogP contribution in [0.2, 0.25) is 0 Å². The van der Waals surface area contributed by atoms with E-state index in [1.54, 1.807) is 52.3 Å². The molecule has 4 fully saturated rings. The Morgan fingerprint density at radius 2 is 1.54 bits per heavy atom. The van der Waals surface area contributed by atoms with E-state index in [0.29, 0.717) is 62.9 Å². The van der Waals surface area contributed by atoms with Crippen molar-refractivity contribution in [3.63, 3.8) is 0 Å². The highest BCUT2D eigenvalue weighted by Crippen LogP contribution is 2.53. The number of hydrogen-bond acceptors (Lipinski definition) is 20. The molecule has 90 heavy (non-hydrogen) atoms. The number of ether oxygens (including phenoxy) is 6. The van der Waals surface area contributed by atoms with Crippen LogP contribution in [-0.4, -0.2) is 202 Å². The van der Waals surface area contributed by atoms with Gasteiger partial charge in [0.25, 0.3) is 11.8 Å². The summed E-state index contributed by atoms with van der Waals surface area (Å²) in [5.41, 5.74) is -2.32. The van der Waals surface area contributed by atoms with Gasteiger partial charge in [-0.25, -0.2) is 4.79 Å². The number of fused-ring (bicyclic) bond motifs is 6. The molecule has 10 atom stereocenters. The fourth-order valence-corrected chi connectivity index (χ4v) is 13.6. The summed E-state index contributed by atoms with van der Waals surface area (Å²) in [6.45, 7) is 8.38. The monoisotopic (exact) mass is 1250 g/mol. The minimum absolute atomic E-state index is 0.0396. The van der Waals surface area contributed by atoms with Gasteiger partial charge in [0, 0.05) is 113 Å². The van der Waals surface area contributed by atoms with Gasteiger partial charge in [-0.05, 0) is 82.1 Å². The summed E-state index contributed by atoms with van der Waals surface area (Å²) >= 11 is 0. The third-order valence-corrected chi connectivity index (χ3v) is 18.7. The van der Waals surface area contributed by atoms with E-state index in [1.165, 1.54) is 49.3 Å². The number of hydrogen-bond donors (Lipinski definition) is 6. The van der Waals surface area contributed by atoms with Crippen LogP contribution in [0, 0.1) is 5.92 Å². The number of nitrogens with one attached hydrogen (secondary N) is 3. The molecule has 0 bridgehead atoms. The number of amides is 6. The van der Waals surface area contributed by atoms with E-state index in [2.05, 4.69) is 20.9 Å². The number of piperidine rings is 2. The van der Waals surface area contributed by atoms with Gasteiger partial charge in [0.15, 0.2) is 17.9 Å². The molecule has 25 heteroatoms. The van der Waals surface area contributed by atoms with Crippen molar-refractivity contribution in [3.8, 4) is 17.2 Å². The molecule has 3 aromatic rings. The number of aromatic hydroxyl groups is 2. The summed E-state index contributed by atoms with van der Waals surface area (Å²) in [6.07, 6.45) is 2.16. The number of phenols is 2. The lowest BCUT2D eigenvalue weighted by Crippen LogP contribution is -2.54. The second-order valence-corrected chi connectivity index (χ2v) is 24.9. The third-order valence-electron chi connectivity index (χ3n) is 18.7. The predicted molar refractivity (Wildman–Crippen MR) is 321 cm³/mol. The van der Waals surface area contributed by atoms with Gasteiger partial charge in [0.2, 0.25) is 23.5 Å². The Bertz CT molecular complexity index is 3310. The zero-order chi connectivity index (χ0) is 64.5. The first-order chi connectivity index (χ1) is 43.0. The Kier molecular flexibility index (Phi) is 19.9. The van der Waals surface area contributed by atoms with Gasteiger partial charge in [-0.1, -0.05) is 44.5 Å². The highest BCUT2D eigenvalue weighted by Gasteiger charge is 2.55. The van der Waals surface area contributed by atoms with E-state index in [0.717, 1.165) is 24.3 Å². The molecule has 3 aromatic carbocycles. The number of carbonyl (C=O) groups is 9. The van der Waals surface area contributed by atoms with Crippen molar-refractivity contribution in [1.82, 2.24) is 30.2 Å². The van der Waals surface area contributed by atoms with Gasteiger partial charge in [-0.3, -0.25) is 53.1 Å². The highest BCUT2D eigenvalue weighted by molar-refractivity contribution is 6.31. The van der Waals surface area contributed by atoms with E-state index in [-0.39, 0.29) is 108 Å². The summed E-state index contributed by atoms with van der Waals surface area (Å²) in [5.74, 6) is -5.66. The fourth-order valence-electron chi connectivity index (χ4n) is 13.6. The van der Waals surface area contributed by atoms with Gasteiger partial charge >= 0.3 is 6.09 Å². The van der Waals surface area contributed by atoms with Crippen LogP contribution in [0.15, 0.2) is 54.6 Å². The van der Waals surface area contributed by atoms with Crippen molar-refractivity contribution in [2.45, 2.75) is 172 Å². The summed E-state index contributed by atoms with van der Waals surface area (Å²) in [7, 11) is 4.64. The van der Waals surface area contributed by atoms with E-state index in [1.807, 2.05) is 11.8 Å². The normalized spacial score (nSPS) is 25.6. The maximum Gasteiger partial charge on any atom is 0.410 e. The number of benzene rings is 3. The first-order valence-corrected chi connectivity index (χ1v) is 31.0. The number of unbranched alkanes of at least 4 members (excludes halogenated alkanes) is 2. The average Bonchev–Trinajstić information content (AvgIpc) is 0.870. The molecule has 0 aromatic heterocycles. The first-order valence-electron chi connectivity index (χ1n) is 31.0. The van der Waals surface area contributed by atoms with Crippen LogP contribution < -0.4 is 20.7 Å². The molecule has 6 amide bonds. The standard InChI is InChI=1S/C65H81N7O18/c1-34(2)55(68-47(74)16-9-8-10-25-72-48(75)21-22-49(72)76)62(82)66-35(3)61(81)67-38-19-17-37(18-20-38)33-87-64(83)69(5)39-23-27-70(28-24-39)32-46(73)65(84)30-41-52(59(80)54-53(57(41)78)56(77)40-13-11-14-43(85-6)51(40)58(54)79)45(31-65)89-50-29-42-60(36(4)88-50)90-63-44(86-7)15-12-26-71(42)63/h11,13-14,17-22,34-36,39,42,44-45,50,55,60,63,78,80,84H,8-10,12,15-16,23-33H2,1-7H3,(H,66,82)(H,67,81)(H,68,74)/t35-,36-,42-,44-,45-,50-,55-,60+,63+,65-/m0/s1. The zero-order valence-corrected chi connectivity index (χ0v) is 51.8. The van der Waals surface area contributed by atoms with Crippen LogP contribution in [-0.2, 0) is 65.5 Å². The number of Topliss-reactive ketones (excluding diaryl/α,β-unsaturated/α-hetero) is 1. The molecule has 7 aliphatic rings. The summed E-state index contributed by atoms with van der Waals surface area (Å²) in [5, 5.41) is 45.3. The summed E-state index contributed by atoms with van der Waals surface area (Å²) < 4.78 is 36.6. The van der Waals surface area contributed by atoms with Crippen LogP contribution >= 0.6 is 0 Å². The topological polar surface area (TPSA) is 319 Å². The van der Waals surface area contributed by atoms with Crippen LogP contribution in [0.4, 0.5) is 10.5 Å². The number of imide groups is 1. The van der Waals surface area contributed by atoms with Crippen molar-refractivity contribution < 1.29 is 86.9 Å². The minimum Gasteiger partial charge on any atom is -0.507 e. The van der Waals surface area contributed by atoms with Crippen LogP contribution in [0.3, 0.4) is 0 Å². The van der Waals surface area contributed by atoms with E-state index >= 15 is 0 Å². The van der Waals surface area contributed by atoms with Gasteiger partial charge < -0.3 is 64.6 Å². The number of likely N-dealkylation sites (tertiary alicyclic amines) is 1. The molecule has 6 N–H and O–H groups in total. The van der Waals surface area contributed by atoms with Crippen LogP contribution in [0.5, 0.6) is 17.2 Å². The highest BCUT2D eigenvalue weighted by atomic mass is 16.7. The second kappa shape index (κ2) is 27.4. The molecular formula is C65H81N7O18. The van der Waals surface area contributed by atoms with Crippen molar-refractivity contribution in [2.24, 2.45) is 5.92 Å². The molecule has 4 saturated heterocycles. The molecule has 0 unspecified atom stereocenters. The molecule has 5 heterocycles. The number of rotatable bonds is 22. The fraction of sp³-hybridized carbons (Fsp3) is 0.554. The maximum absolute atomic E-state index is 14.7. The quantitative estimate of drug-likeness (QED) is 0.0362. The molecule has 5 aliphatic heterocycles. The zero-order valence-electron chi connectivity index (χ0n) is 51.8. The van der Waals surface area contributed by atoms with E-state index in [9.17, 15) is 58.5 Å². The Labute approximate surface area is 521 Å². The van der Waals surface area contributed by atoms with Crippen molar-refractivity contribution in [1.29, 1.82) is 0 Å². The summed E-state index contributed by atoms with van der Waals surface area (Å²) in [6, 6.07) is 8.82.